The van der Waals surface area contributed by atoms with Gasteiger partial charge in [0.15, 0.2) is 5.69 Å². The van der Waals surface area contributed by atoms with Gasteiger partial charge >= 0.3 is 0 Å². The molecule has 0 aromatic carbocycles. The molecule has 0 unspecified atom stereocenters. The number of nitrogens with one attached hydrogen (secondary N) is 2. The first-order valence-corrected chi connectivity index (χ1v) is 8.72. The second kappa shape index (κ2) is 6.20. The van der Waals surface area contributed by atoms with E-state index in [0.717, 1.165) is 47.6 Å². The first-order chi connectivity index (χ1) is 10.6. The van der Waals surface area contributed by atoms with Crippen LogP contribution in [0, 0.1) is 13.8 Å². The van der Waals surface area contributed by atoms with Gasteiger partial charge in [-0.3, -0.25) is 9.89 Å². The molecule has 0 aliphatic heterocycles. The maximum Gasteiger partial charge on any atom is 0.272 e. The zero-order chi connectivity index (χ0) is 15.7. The van der Waals surface area contributed by atoms with Gasteiger partial charge in [0.2, 0.25) is 0 Å². The predicted molar refractivity (Wildman–Crippen MR) is 87.3 cm³/mol. The quantitative estimate of drug-likeness (QED) is 0.909. The largest absolute Gasteiger partial charge is 0.341 e. The fourth-order valence-corrected chi connectivity index (χ4v) is 3.94. The minimum Gasteiger partial charge on any atom is -0.341 e. The number of aromatic nitrogens is 3. The van der Waals surface area contributed by atoms with Crippen molar-refractivity contribution < 1.29 is 4.79 Å². The van der Waals surface area contributed by atoms with E-state index < -0.39 is 0 Å². The summed E-state index contributed by atoms with van der Waals surface area (Å²) >= 11 is 1.66. The Bertz CT molecular complexity index is 669. The maximum absolute atomic E-state index is 12.6. The number of thiazole rings is 1. The number of rotatable bonds is 4. The molecule has 1 aliphatic carbocycles. The van der Waals surface area contributed by atoms with Crippen molar-refractivity contribution in [3.63, 3.8) is 0 Å². The second-order valence-electron chi connectivity index (χ2n) is 5.86. The Labute approximate surface area is 134 Å². The molecule has 118 valence electrons. The Balaban J connectivity index is 1.79. The number of carbonyl (C=O) groups excluding carboxylic acids is 1. The van der Waals surface area contributed by atoms with E-state index in [-0.39, 0.29) is 11.9 Å². The molecule has 0 radical (unpaired) electrons. The first kappa shape index (κ1) is 15.2. The molecule has 6 heteroatoms. The lowest BCUT2D eigenvalue weighted by Gasteiger charge is -2.15. The van der Waals surface area contributed by atoms with Crippen LogP contribution in [-0.4, -0.2) is 21.1 Å². The summed E-state index contributed by atoms with van der Waals surface area (Å²) in [7, 11) is 0. The van der Waals surface area contributed by atoms with Gasteiger partial charge in [0.05, 0.1) is 11.7 Å². The van der Waals surface area contributed by atoms with Gasteiger partial charge in [-0.2, -0.15) is 5.10 Å². The molecule has 1 atom stereocenters. The van der Waals surface area contributed by atoms with E-state index in [4.69, 9.17) is 0 Å². The van der Waals surface area contributed by atoms with Crippen LogP contribution in [0.2, 0.25) is 0 Å². The van der Waals surface area contributed by atoms with Crippen LogP contribution < -0.4 is 5.32 Å². The van der Waals surface area contributed by atoms with Crippen LogP contribution in [0.3, 0.4) is 0 Å². The Morgan fingerprint density at radius 1 is 1.36 bits per heavy atom. The number of nitrogens with zero attached hydrogens (tertiary/aromatic N) is 2. The zero-order valence-electron chi connectivity index (χ0n) is 13.3. The van der Waals surface area contributed by atoms with E-state index in [1.807, 2.05) is 6.92 Å². The van der Waals surface area contributed by atoms with E-state index in [1.54, 1.807) is 11.3 Å². The monoisotopic (exact) mass is 318 g/mol. The van der Waals surface area contributed by atoms with Gasteiger partial charge in [0.1, 0.15) is 5.01 Å². The van der Waals surface area contributed by atoms with Crippen molar-refractivity contribution in [1.29, 1.82) is 0 Å². The number of carbonyl (C=O) groups is 1. The van der Waals surface area contributed by atoms with Crippen molar-refractivity contribution in [2.24, 2.45) is 0 Å². The van der Waals surface area contributed by atoms with Gasteiger partial charge in [-0.15, -0.1) is 11.3 Å². The van der Waals surface area contributed by atoms with Crippen LogP contribution in [0.4, 0.5) is 0 Å². The minimum absolute atomic E-state index is 0.0409. The number of hydrogen-bond donors (Lipinski definition) is 2. The fourth-order valence-electron chi connectivity index (χ4n) is 2.88. The standard InChI is InChI=1S/C16H22N4OS/c1-4-12(16-17-9(2)10(3)22-16)18-15(21)14-11-7-5-6-8-13(11)19-20-14/h12H,4-8H2,1-3H3,(H,18,21)(H,19,20)/t12-/m1/s1. The molecule has 0 saturated heterocycles. The van der Waals surface area contributed by atoms with Crippen molar-refractivity contribution in [3.05, 3.63) is 32.5 Å². The average molecular weight is 318 g/mol. The zero-order valence-corrected chi connectivity index (χ0v) is 14.1. The Hall–Kier alpha value is -1.69. The van der Waals surface area contributed by atoms with E-state index in [1.165, 1.54) is 11.3 Å². The molecule has 0 fully saturated rings. The molecule has 1 amide bonds. The Morgan fingerprint density at radius 2 is 2.14 bits per heavy atom. The molecule has 1 aliphatic rings. The molecule has 22 heavy (non-hydrogen) atoms. The van der Waals surface area contributed by atoms with E-state index in [0.29, 0.717) is 5.69 Å². The molecular weight excluding hydrogens is 296 g/mol. The third-order valence-corrected chi connectivity index (χ3v) is 5.51. The highest BCUT2D eigenvalue weighted by atomic mass is 32.1. The molecule has 2 heterocycles. The fraction of sp³-hybridized carbons (Fsp3) is 0.562. The highest BCUT2D eigenvalue weighted by molar-refractivity contribution is 7.11. The van der Waals surface area contributed by atoms with Gasteiger partial charge in [0.25, 0.3) is 5.91 Å². The molecule has 2 aromatic rings. The number of aryl methyl sites for hydroxylation is 3. The summed E-state index contributed by atoms with van der Waals surface area (Å²) < 4.78 is 0. The summed E-state index contributed by atoms with van der Waals surface area (Å²) in [5.74, 6) is -0.0863. The molecule has 0 saturated carbocycles. The summed E-state index contributed by atoms with van der Waals surface area (Å²) in [6.07, 6.45) is 5.07. The van der Waals surface area contributed by atoms with Crippen LogP contribution in [0.1, 0.15) is 69.6 Å². The van der Waals surface area contributed by atoms with Crippen molar-refractivity contribution in [2.75, 3.05) is 0 Å². The van der Waals surface area contributed by atoms with Gasteiger partial charge in [-0.25, -0.2) is 4.98 Å². The second-order valence-corrected chi connectivity index (χ2v) is 7.10. The molecular formula is C16H22N4OS. The van der Waals surface area contributed by atoms with Crippen LogP contribution in [0.5, 0.6) is 0 Å². The number of aromatic amines is 1. The normalized spacial score (nSPS) is 15.4. The van der Waals surface area contributed by atoms with E-state index in [2.05, 4.69) is 34.3 Å². The minimum atomic E-state index is -0.0863. The SMILES string of the molecule is CC[C@@H](NC(=O)c1n[nH]c2c1CCCC2)c1nc(C)c(C)s1. The topological polar surface area (TPSA) is 70.7 Å². The third kappa shape index (κ3) is 2.79. The van der Waals surface area contributed by atoms with Gasteiger partial charge in [0, 0.05) is 16.1 Å². The molecule has 3 rings (SSSR count). The lowest BCUT2D eigenvalue weighted by Crippen LogP contribution is -2.29. The number of amides is 1. The highest BCUT2D eigenvalue weighted by Crippen LogP contribution is 2.26. The molecule has 2 aromatic heterocycles. The van der Waals surface area contributed by atoms with Gasteiger partial charge in [-0.1, -0.05) is 6.92 Å². The van der Waals surface area contributed by atoms with E-state index in [9.17, 15) is 4.79 Å². The number of fused-ring (bicyclic) bond motifs is 1. The lowest BCUT2D eigenvalue weighted by molar-refractivity contribution is 0.0929. The third-order valence-electron chi connectivity index (χ3n) is 4.33. The summed E-state index contributed by atoms with van der Waals surface area (Å²) in [6.45, 7) is 6.14. The summed E-state index contributed by atoms with van der Waals surface area (Å²) in [4.78, 5) is 18.4. The van der Waals surface area contributed by atoms with Crippen molar-refractivity contribution in [2.45, 2.75) is 58.9 Å². The van der Waals surface area contributed by atoms with E-state index >= 15 is 0 Å². The van der Waals surface area contributed by atoms with Crippen molar-refractivity contribution >= 4 is 17.2 Å². The first-order valence-electron chi connectivity index (χ1n) is 7.91. The summed E-state index contributed by atoms with van der Waals surface area (Å²) in [6, 6.07) is -0.0409. The molecule has 2 N–H and O–H groups in total. The molecule has 0 spiro atoms. The lowest BCUT2D eigenvalue weighted by atomic mass is 9.95. The predicted octanol–water partition coefficient (Wildman–Crippen LogP) is 3.24. The van der Waals surface area contributed by atoms with Gasteiger partial charge in [-0.05, 0) is 46.0 Å². The summed E-state index contributed by atoms with van der Waals surface area (Å²) in [5.41, 5.74) is 3.85. The number of H-pyrrole nitrogens is 1. The van der Waals surface area contributed by atoms with Gasteiger partial charge < -0.3 is 5.32 Å². The van der Waals surface area contributed by atoms with Crippen molar-refractivity contribution in [3.8, 4) is 0 Å². The number of hydrogen-bond acceptors (Lipinski definition) is 4. The van der Waals surface area contributed by atoms with Crippen LogP contribution in [-0.2, 0) is 12.8 Å². The summed E-state index contributed by atoms with van der Waals surface area (Å²) in [5, 5.41) is 11.4. The van der Waals surface area contributed by atoms with Crippen LogP contribution in [0.15, 0.2) is 0 Å². The Morgan fingerprint density at radius 3 is 2.82 bits per heavy atom. The maximum atomic E-state index is 12.6. The molecule has 0 bridgehead atoms. The smallest absolute Gasteiger partial charge is 0.272 e. The average Bonchev–Trinajstić information content (AvgIpc) is 3.09. The highest BCUT2D eigenvalue weighted by Gasteiger charge is 2.24. The van der Waals surface area contributed by atoms with Crippen molar-refractivity contribution in [1.82, 2.24) is 20.5 Å². The molecule has 5 nitrogen and oxygen atoms in total. The van der Waals surface area contributed by atoms with Crippen LogP contribution >= 0.6 is 11.3 Å². The van der Waals surface area contributed by atoms with Crippen LogP contribution in [0.25, 0.3) is 0 Å². The Kier molecular flexibility index (Phi) is 4.29.